The molecule has 0 aliphatic rings. The van der Waals surface area contributed by atoms with Crippen LogP contribution in [0.1, 0.15) is 24.5 Å². The first-order valence-electron chi connectivity index (χ1n) is 7.81. The molecule has 0 saturated heterocycles. The number of aryl methyl sites for hydroxylation is 1. The van der Waals surface area contributed by atoms with Gasteiger partial charge in [-0.3, -0.25) is 9.59 Å². The van der Waals surface area contributed by atoms with E-state index in [2.05, 4.69) is 5.32 Å². The molecule has 24 heavy (non-hydrogen) atoms. The van der Waals surface area contributed by atoms with Crippen molar-refractivity contribution < 1.29 is 9.59 Å². The molecule has 1 N–H and O–H groups in total. The zero-order valence-corrected chi connectivity index (χ0v) is 14.6. The molecule has 0 atom stereocenters. The average Bonchev–Trinajstić information content (AvgIpc) is 2.53. The second-order valence-electron chi connectivity index (χ2n) is 5.71. The molecular formula is C19H21ClN2O2. The molecule has 2 amide bonds. The van der Waals surface area contributed by atoms with Crippen molar-refractivity contribution in [1.29, 1.82) is 0 Å². The number of hydrogen-bond acceptors (Lipinski definition) is 2. The Hall–Kier alpha value is -2.33. The molecule has 0 radical (unpaired) electrons. The Morgan fingerprint density at radius 2 is 1.88 bits per heavy atom. The number of anilines is 1. The summed E-state index contributed by atoms with van der Waals surface area (Å²) in [6, 6.07) is 15.1. The van der Waals surface area contributed by atoms with Gasteiger partial charge in [-0.15, -0.1) is 0 Å². The fourth-order valence-corrected chi connectivity index (χ4v) is 2.57. The Kier molecular flexibility index (Phi) is 6.38. The van der Waals surface area contributed by atoms with Gasteiger partial charge < -0.3 is 10.2 Å². The van der Waals surface area contributed by atoms with Gasteiger partial charge in [0.15, 0.2) is 0 Å². The summed E-state index contributed by atoms with van der Waals surface area (Å²) in [5.41, 5.74) is 2.78. The molecule has 0 saturated carbocycles. The third-order valence-electron chi connectivity index (χ3n) is 3.66. The van der Waals surface area contributed by atoms with Crippen molar-refractivity contribution in [2.45, 2.75) is 26.8 Å². The molecule has 126 valence electrons. The van der Waals surface area contributed by atoms with E-state index < -0.39 is 0 Å². The largest absolute Gasteiger partial charge is 0.338 e. The molecule has 0 fully saturated rings. The van der Waals surface area contributed by atoms with Gasteiger partial charge in [0.1, 0.15) is 0 Å². The fraction of sp³-hybridized carbons (Fsp3) is 0.263. The number of carbonyl (C=O) groups is 2. The van der Waals surface area contributed by atoms with Gasteiger partial charge in [-0.1, -0.05) is 53.6 Å². The summed E-state index contributed by atoms with van der Waals surface area (Å²) in [5.74, 6) is -0.222. The third kappa shape index (κ3) is 5.39. The highest BCUT2D eigenvalue weighted by Crippen LogP contribution is 2.20. The highest BCUT2D eigenvalue weighted by molar-refractivity contribution is 6.33. The maximum absolute atomic E-state index is 12.1. The van der Waals surface area contributed by atoms with Crippen molar-refractivity contribution in [1.82, 2.24) is 4.90 Å². The van der Waals surface area contributed by atoms with E-state index in [-0.39, 0.29) is 18.2 Å². The second-order valence-corrected chi connectivity index (χ2v) is 6.11. The first-order valence-corrected chi connectivity index (χ1v) is 8.19. The Morgan fingerprint density at radius 1 is 1.12 bits per heavy atom. The first-order chi connectivity index (χ1) is 11.5. The average molecular weight is 345 g/mol. The summed E-state index contributed by atoms with van der Waals surface area (Å²) < 4.78 is 0. The van der Waals surface area contributed by atoms with Crippen LogP contribution in [0.15, 0.2) is 48.5 Å². The maximum atomic E-state index is 12.1. The van der Waals surface area contributed by atoms with Crippen LogP contribution in [0.5, 0.6) is 0 Å². The smallest absolute Gasteiger partial charge is 0.226 e. The molecule has 0 aliphatic carbocycles. The van der Waals surface area contributed by atoms with Crippen molar-refractivity contribution in [3.8, 4) is 0 Å². The number of halogens is 1. The van der Waals surface area contributed by atoms with Crippen LogP contribution < -0.4 is 5.32 Å². The van der Waals surface area contributed by atoms with Gasteiger partial charge in [-0.25, -0.2) is 0 Å². The number of para-hydroxylation sites is 1. The molecule has 2 rings (SSSR count). The van der Waals surface area contributed by atoms with E-state index in [4.69, 9.17) is 11.6 Å². The highest BCUT2D eigenvalue weighted by Gasteiger charge is 2.13. The topological polar surface area (TPSA) is 49.4 Å². The summed E-state index contributed by atoms with van der Waals surface area (Å²) in [6.45, 7) is 4.39. The van der Waals surface area contributed by atoms with Crippen LogP contribution in [0.4, 0.5) is 5.69 Å². The van der Waals surface area contributed by atoms with Crippen molar-refractivity contribution in [3.63, 3.8) is 0 Å². The van der Waals surface area contributed by atoms with Crippen LogP contribution in [-0.2, 0) is 16.1 Å². The van der Waals surface area contributed by atoms with Crippen LogP contribution in [0.25, 0.3) is 0 Å². The fourth-order valence-electron chi connectivity index (χ4n) is 2.39. The zero-order valence-electron chi connectivity index (χ0n) is 13.9. The van der Waals surface area contributed by atoms with Crippen LogP contribution >= 0.6 is 11.6 Å². The lowest BCUT2D eigenvalue weighted by molar-refractivity contribution is -0.129. The number of benzene rings is 2. The molecule has 2 aromatic rings. The lowest BCUT2D eigenvalue weighted by atomic mass is 10.1. The predicted molar refractivity (Wildman–Crippen MR) is 97.0 cm³/mol. The molecule has 0 heterocycles. The normalized spacial score (nSPS) is 10.3. The number of amides is 2. The van der Waals surface area contributed by atoms with E-state index in [0.717, 1.165) is 11.1 Å². The van der Waals surface area contributed by atoms with Crippen LogP contribution in [-0.4, -0.2) is 23.3 Å². The molecule has 5 heteroatoms. The van der Waals surface area contributed by atoms with Gasteiger partial charge in [-0.2, -0.15) is 0 Å². The van der Waals surface area contributed by atoms with Gasteiger partial charge in [0.25, 0.3) is 0 Å². The predicted octanol–water partition coefficient (Wildman–Crippen LogP) is 4.03. The maximum Gasteiger partial charge on any atom is 0.226 e. The van der Waals surface area contributed by atoms with Crippen LogP contribution in [0, 0.1) is 6.92 Å². The molecule has 4 nitrogen and oxygen atoms in total. The summed E-state index contributed by atoms with van der Waals surface area (Å²) >= 11 is 6.02. The monoisotopic (exact) mass is 344 g/mol. The summed E-state index contributed by atoms with van der Waals surface area (Å²) in [4.78, 5) is 25.6. The number of nitrogens with one attached hydrogen (secondary N) is 1. The van der Waals surface area contributed by atoms with Crippen LogP contribution in [0.2, 0.25) is 5.02 Å². The summed E-state index contributed by atoms with van der Waals surface area (Å²) in [7, 11) is 0. The van der Waals surface area contributed by atoms with E-state index in [0.29, 0.717) is 23.8 Å². The zero-order chi connectivity index (χ0) is 17.5. The second kappa shape index (κ2) is 8.50. The van der Waals surface area contributed by atoms with Crippen molar-refractivity contribution in [2.24, 2.45) is 0 Å². The number of rotatable bonds is 6. The van der Waals surface area contributed by atoms with Gasteiger partial charge in [-0.05, 0) is 24.6 Å². The van der Waals surface area contributed by atoms with Crippen molar-refractivity contribution in [2.75, 3.05) is 11.9 Å². The minimum Gasteiger partial charge on any atom is -0.338 e. The van der Waals surface area contributed by atoms with E-state index in [1.165, 1.54) is 6.92 Å². The number of carbonyl (C=O) groups excluding carboxylic acids is 2. The molecule has 0 aromatic heterocycles. The molecule has 0 bridgehead atoms. The Morgan fingerprint density at radius 3 is 2.54 bits per heavy atom. The Labute approximate surface area is 147 Å². The number of nitrogens with zero attached hydrogens (tertiary/aromatic N) is 1. The van der Waals surface area contributed by atoms with E-state index >= 15 is 0 Å². The molecular weight excluding hydrogens is 324 g/mol. The molecule has 0 spiro atoms. The minimum absolute atomic E-state index is 0.0537. The Balaban J connectivity index is 1.92. The molecule has 0 unspecified atom stereocenters. The lowest BCUT2D eigenvalue weighted by Crippen LogP contribution is -2.31. The van der Waals surface area contributed by atoms with Gasteiger partial charge in [0.2, 0.25) is 11.8 Å². The quantitative estimate of drug-likeness (QED) is 0.860. The Bertz CT molecular complexity index is 731. The standard InChI is InChI=1S/C19H21ClN2O2/c1-14-6-5-7-16(12-14)13-22(15(2)23)11-10-19(24)21-18-9-4-3-8-17(18)20/h3-9,12H,10-11,13H2,1-2H3,(H,21,24). The van der Waals surface area contributed by atoms with Gasteiger partial charge in [0.05, 0.1) is 10.7 Å². The van der Waals surface area contributed by atoms with E-state index in [9.17, 15) is 9.59 Å². The van der Waals surface area contributed by atoms with Crippen molar-refractivity contribution in [3.05, 3.63) is 64.7 Å². The van der Waals surface area contributed by atoms with E-state index in [1.807, 2.05) is 31.2 Å². The molecule has 2 aromatic carbocycles. The van der Waals surface area contributed by atoms with Crippen molar-refractivity contribution >= 4 is 29.1 Å². The number of hydrogen-bond donors (Lipinski definition) is 1. The van der Waals surface area contributed by atoms with E-state index in [1.54, 1.807) is 29.2 Å². The third-order valence-corrected chi connectivity index (χ3v) is 3.99. The molecule has 0 aliphatic heterocycles. The summed E-state index contributed by atoms with van der Waals surface area (Å²) in [6.07, 6.45) is 0.219. The van der Waals surface area contributed by atoms with Crippen LogP contribution in [0.3, 0.4) is 0 Å². The lowest BCUT2D eigenvalue weighted by Gasteiger charge is -2.21. The summed E-state index contributed by atoms with van der Waals surface area (Å²) in [5, 5.41) is 3.26. The SMILES string of the molecule is CC(=O)N(CCC(=O)Nc1ccccc1Cl)Cc1cccc(C)c1. The van der Waals surface area contributed by atoms with Gasteiger partial charge >= 0.3 is 0 Å². The highest BCUT2D eigenvalue weighted by atomic mass is 35.5. The minimum atomic E-state index is -0.168. The van der Waals surface area contributed by atoms with Gasteiger partial charge in [0, 0.05) is 26.4 Å². The first kappa shape index (κ1) is 18.0.